The van der Waals surface area contributed by atoms with E-state index < -0.39 is 0 Å². The highest BCUT2D eigenvalue weighted by molar-refractivity contribution is 5.89. The Kier molecular flexibility index (Phi) is 2.46. The monoisotopic (exact) mass is 198 g/mol. The Balaban J connectivity index is 2.68. The maximum Gasteiger partial charge on any atom is 0.135 e. The summed E-state index contributed by atoms with van der Waals surface area (Å²) >= 11 is 0. The van der Waals surface area contributed by atoms with Crippen molar-refractivity contribution in [1.29, 1.82) is 0 Å². The average molecular weight is 198 g/mol. The van der Waals surface area contributed by atoms with E-state index >= 15 is 0 Å². The van der Waals surface area contributed by atoms with Gasteiger partial charge in [0.05, 0.1) is 0 Å². The van der Waals surface area contributed by atoms with Crippen LogP contribution in [0.1, 0.15) is 16.9 Å². The van der Waals surface area contributed by atoms with Gasteiger partial charge in [0.25, 0.3) is 0 Å². The molecule has 0 aliphatic rings. The fraction of sp³-hybridized carbons (Fsp3) is 0.143. The van der Waals surface area contributed by atoms with Crippen LogP contribution in [0.15, 0.2) is 41.3 Å². The Labute approximate surface area is 89.7 Å². The minimum Gasteiger partial charge on any atom is -0.461 e. The number of rotatable bonds is 2. The van der Waals surface area contributed by atoms with Crippen molar-refractivity contribution < 1.29 is 4.42 Å². The van der Waals surface area contributed by atoms with Crippen LogP contribution in [0.4, 0.5) is 0 Å². The van der Waals surface area contributed by atoms with Crippen molar-refractivity contribution in [2.45, 2.75) is 13.8 Å². The smallest absolute Gasteiger partial charge is 0.135 e. The zero-order valence-electron chi connectivity index (χ0n) is 9.08. The first-order valence-electron chi connectivity index (χ1n) is 5.01. The van der Waals surface area contributed by atoms with E-state index in [1.165, 1.54) is 5.56 Å². The van der Waals surface area contributed by atoms with Gasteiger partial charge in [0.15, 0.2) is 0 Å². The Bertz CT molecular complexity index is 530. The summed E-state index contributed by atoms with van der Waals surface area (Å²) in [7, 11) is 0. The van der Waals surface area contributed by atoms with Crippen LogP contribution in [0.2, 0.25) is 0 Å². The van der Waals surface area contributed by atoms with E-state index in [4.69, 9.17) is 4.42 Å². The lowest BCUT2D eigenvalue weighted by Gasteiger charge is -1.92. The van der Waals surface area contributed by atoms with Gasteiger partial charge in [0.2, 0.25) is 0 Å². The third-order valence-corrected chi connectivity index (χ3v) is 2.47. The molecule has 2 aromatic rings. The molecular weight excluding hydrogens is 184 g/mol. The van der Waals surface area contributed by atoms with Gasteiger partial charge in [-0.2, -0.15) is 0 Å². The minimum absolute atomic E-state index is 0.952. The van der Waals surface area contributed by atoms with Crippen molar-refractivity contribution in [2.24, 2.45) is 0 Å². The average Bonchev–Trinajstić information content (AvgIpc) is 2.50. The van der Waals surface area contributed by atoms with Crippen LogP contribution in [-0.4, -0.2) is 0 Å². The quantitative estimate of drug-likeness (QED) is 0.657. The largest absolute Gasteiger partial charge is 0.461 e. The molecule has 0 spiro atoms. The molecule has 0 aliphatic heterocycles. The molecule has 0 bridgehead atoms. The lowest BCUT2D eigenvalue weighted by atomic mass is 10.1. The van der Waals surface area contributed by atoms with E-state index in [-0.39, 0.29) is 0 Å². The summed E-state index contributed by atoms with van der Waals surface area (Å²) < 4.78 is 5.69. The number of aryl methyl sites for hydroxylation is 2. The van der Waals surface area contributed by atoms with Crippen molar-refractivity contribution in [3.63, 3.8) is 0 Å². The maximum absolute atomic E-state index is 5.69. The first-order chi connectivity index (χ1) is 7.22. The maximum atomic E-state index is 5.69. The molecule has 0 aliphatic carbocycles. The highest BCUT2D eigenvalue weighted by Gasteiger charge is 2.07. The van der Waals surface area contributed by atoms with Crippen molar-refractivity contribution in [2.75, 3.05) is 0 Å². The summed E-state index contributed by atoms with van der Waals surface area (Å²) in [6, 6.07) is 6.26. The first kappa shape index (κ1) is 9.78. The molecular formula is C14H14O. The van der Waals surface area contributed by atoms with Crippen LogP contribution in [-0.2, 0) is 0 Å². The van der Waals surface area contributed by atoms with Gasteiger partial charge in [-0.05, 0) is 25.5 Å². The van der Waals surface area contributed by atoms with Crippen LogP contribution in [0.3, 0.4) is 0 Å². The van der Waals surface area contributed by atoms with Gasteiger partial charge >= 0.3 is 0 Å². The van der Waals surface area contributed by atoms with E-state index in [9.17, 15) is 0 Å². The summed E-state index contributed by atoms with van der Waals surface area (Å²) in [4.78, 5) is 0. The number of furan rings is 1. The van der Waals surface area contributed by atoms with E-state index in [1.807, 2.05) is 19.1 Å². The normalized spacial score (nSPS) is 11.3. The van der Waals surface area contributed by atoms with Crippen LogP contribution < -0.4 is 0 Å². The van der Waals surface area contributed by atoms with Crippen LogP contribution >= 0.6 is 0 Å². The number of hydrogen-bond donors (Lipinski definition) is 0. The van der Waals surface area contributed by atoms with Crippen molar-refractivity contribution in [3.8, 4) is 0 Å². The van der Waals surface area contributed by atoms with E-state index in [0.29, 0.717) is 0 Å². The number of hydrogen-bond acceptors (Lipinski definition) is 1. The van der Waals surface area contributed by atoms with Gasteiger partial charge in [-0.3, -0.25) is 0 Å². The predicted molar refractivity (Wildman–Crippen MR) is 64.9 cm³/mol. The molecule has 0 saturated heterocycles. The Morgan fingerprint density at radius 1 is 1.27 bits per heavy atom. The fourth-order valence-corrected chi connectivity index (χ4v) is 1.72. The molecule has 2 rings (SSSR count). The molecule has 15 heavy (non-hydrogen) atoms. The molecule has 0 atom stereocenters. The number of fused-ring (bicyclic) bond motifs is 1. The lowest BCUT2D eigenvalue weighted by Crippen LogP contribution is -1.73. The van der Waals surface area contributed by atoms with Gasteiger partial charge in [0.1, 0.15) is 11.3 Å². The molecule has 0 fully saturated rings. The van der Waals surface area contributed by atoms with Gasteiger partial charge < -0.3 is 4.42 Å². The highest BCUT2D eigenvalue weighted by Crippen LogP contribution is 2.27. The summed E-state index contributed by atoms with van der Waals surface area (Å²) in [5.41, 5.74) is 3.32. The minimum atomic E-state index is 0.952. The van der Waals surface area contributed by atoms with Crippen molar-refractivity contribution in [1.82, 2.24) is 0 Å². The van der Waals surface area contributed by atoms with Gasteiger partial charge in [-0.25, -0.2) is 0 Å². The van der Waals surface area contributed by atoms with Crippen molar-refractivity contribution in [3.05, 3.63) is 53.8 Å². The molecule has 1 heterocycles. The Morgan fingerprint density at radius 2 is 2.07 bits per heavy atom. The Hall–Kier alpha value is -1.76. The molecule has 1 aromatic heterocycles. The summed E-state index contributed by atoms with van der Waals surface area (Å²) in [6.45, 7) is 7.72. The summed E-state index contributed by atoms with van der Waals surface area (Å²) in [5.74, 6) is 0.952. The van der Waals surface area contributed by atoms with Gasteiger partial charge in [-0.1, -0.05) is 36.9 Å². The van der Waals surface area contributed by atoms with E-state index in [1.54, 1.807) is 6.08 Å². The predicted octanol–water partition coefficient (Wildman–Crippen LogP) is 4.25. The van der Waals surface area contributed by atoms with Gasteiger partial charge in [0, 0.05) is 10.9 Å². The lowest BCUT2D eigenvalue weighted by molar-refractivity contribution is 0.577. The molecule has 1 aromatic carbocycles. The summed E-state index contributed by atoms with van der Waals surface area (Å²) in [6.07, 6.45) is 5.73. The number of benzene rings is 1. The zero-order valence-corrected chi connectivity index (χ0v) is 9.08. The second-order valence-electron chi connectivity index (χ2n) is 3.67. The van der Waals surface area contributed by atoms with Gasteiger partial charge in [-0.15, -0.1) is 0 Å². The molecule has 0 amide bonds. The second kappa shape index (κ2) is 3.77. The molecule has 1 nitrogen and oxygen atoms in total. The molecule has 0 radical (unpaired) electrons. The fourth-order valence-electron chi connectivity index (χ4n) is 1.72. The molecule has 0 N–H and O–H groups in total. The SMILES string of the molecule is C=C/C=C\c1c(C)oc2cc(C)ccc12. The molecule has 76 valence electrons. The standard InChI is InChI=1S/C14H14O/c1-4-5-6-12-11(3)15-14-9-10(2)7-8-13(12)14/h4-9H,1H2,2-3H3/b6-5-. The molecule has 1 heteroatoms. The topological polar surface area (TPSA) is 13.1 Å². The number of allylic oxidation sites excluding steroid dienone is 2. The molecule has 0 saturated carbocycles. The third kappa shape index (κ3) is 1.73. The Morgan fingerprint density at radius 3 is 2.80 bits per heavy atom. The molecule has 0 unspecified atom stereocenters. The van der Waals surface area contributed by atoms with Crippen molar-refractivity contribution >= 4 is 17.0 Å². The third-order valence-electron chi connectivity index (χ3n) is 2.47. The summed E-state index contributed by atoms with van der Waals surface area (Å²) in [5, 5.41) is 1.16. The van der Waals surface area contributed by atoms with E-state index in [2.05, 4.69) is 31.7 Å². The van der Waals surface area contributed by atoms with Crippen LogP contribution in [0, 0.1) is 13.8 Å². The van der Waals surface area contributed by atoms with Crippen LogP contribution in [0.5, 0.6) is 0 Å². The second-order valence-corrected chi connectivity index (χ2v) is 3.67. The first-order valence-corrected chi connectivity index (χ1v) is 5.01. The highest BCUT2D eigenvalue weighted by atomic mass is 16.3. The van der Waals surface area contributed by atoms with Crippen LogP contribution in [0.25, 0.3) is 17.0 Å². The van der Waals surface area contributed by atoms with E-state index in [0.717, 1.165) is 22.3 Å². The zero-order chi connectivity index (χ0) is 10.8.